The molecule has 0 fully saturated rings. The number of benzene rings is 3. The summed E-state index contributed by atoms with van der Waals surface area (Å²) >= 11 is 0. The number of nitrogens with one attached hydrogen (secondary N) is 2. The van der Waals surface area contributed by atoms with Crippen molar-refractivity contribution >= 4 is 23.7 Å². The summed E-state index contributed by atoms with van der Waals surface area (Å²) < 4.78 is 10.9. The van der Waals surface area contributed by atoms with Crippen LogP contribution in [-0.2, 0) is 16.2 Å². The Labute approximate surface area is 191 Å². The van der Waals surface area contributed by atoms with Crippen molar-refractivity contribution in [2.75, 3.05) is 12.4 Å². The van der Waals surface area contributed by atoms with E-state index in [1.807, 2.05) is 24.3 Å². The normalized spacial score (nSPS) is 10.3. The Balaban J connectivity index is 1.52. The van der Waals surface area contributed by atoms with Crippen LogP contribution < -0.4 is 20.2 Å². The van der Waals surface area contributed by atoms with Crippen molar-refractivity contribution in [2.24, 2.45) is 5.10 Å². The minimum Gasteiger partial charge on any atom is -0.497 e. The predicted octanol–water partition coefficient (Wildman–Crippen LogP) is 3.62. The molecule has 2 N–H and O–H groups in total. The van der Waals surface area contributed by atoms with Crippen molar-refractivity contribution in [1.29, 1.82) is 5.26 Å². The Kier molecular flexibility index (Phi) is 8.15. The number of hydrazone groups is 1. The number of rotatable bonds is 9. The van der Waals surface area contributed by atoms with E-state index in [-0.39, 0.29) is 13.0 Å². The number of nitrogens with zero attached hydrogens (tertiary/aromatic N) is 2. The molecule has 0 radical (unpaired) electrons. The Morgan fingerprint density at radius 2 is 1.73 bits per heavy atom. The number of carbonyl (C=O) groups excluding carboxylic acids is 2. The minimum absolute atomic E-state index is 0.215. The van der Waals surface area contributed by atoms with Gasteiger partial charge < -0.3 is 14.8 Å². The van der Waals surface area contributed by atoms with Crippen molar-refractivity contribution in [1.82, 2.24) is 5.43 Å². The average molecular weight is 442 g/mol. The molecule has 0 saturated heterocycles. The van der Waals surface area contributed by atoms with E-state index in [9.17, 15) is 14.9 Å². The van der Waals surface area contributed by atoms with Gasteiger partial charge in [-0.05, 0) is 42.5 Å². The Hall–Kier alpha value is -4.64. The molecule has 0 aliphatic heterocycles. The highest BCUT2D eigenvalue weighted by atomic mass is 16.5. The third kappa shape index (κ3) is 6.94. The fourth-order valence-electron chi connectivity index (χ4n) is 2.87. The highest BCUT2D eigenvalue weighted by Gasteiger charge is 2.09. The maximum absolute atomic E-state index is 12.0. The number of ether oxygens (including phenoxy) is 2. The van der Waals surface area contributed by atoms with Crippen LogP contribution in [-0.4, -0.2) is 25.1 Å². The van der Waals surface area contributed by atoms with Crippen LogP contribution in [0, 0.1) is 11.3 Å². The predicted molar refractivity (Wildman–Crippen MR) is 124 cm³/mol. The minimum atomic E-state index is -0.557. The number of methoxy groups -OCH3 is 1. The van der Waals surface area contributed by atoms with Crippen molar-refractivity contribution in [2.45, 2.75) is 13.0 Å². The molecule has 33 heavy (non-hydrogen) atoms. The van der Waals surface area contributed by atoms with E-state index in [4.69, 9.17) is 9.47 Å². The standard InChI is InChI=1S/C25H22N4O4/c1-32-22-12-10-21(11-13-22)28-24(30)14-25(31)29-27-16-19-7-4-5-9-23(19)33-17-20-8-3-2-6-18(20)15-26/h2-13,16H,14,17H2,1H3,(H,28,30)(H,29,31). The summed E-state index contributed by atoms with van der Waals surface area (Å²) in [6.07, 6.45) is 1.05. The monoisotopic (exact) mass is 442 g/mol. The first-order valence-electron chi connectivity index (χ1n) is 10.0. The molecule has 0 atom stereocenters. The summed E-state index contributed by atoms with van der Waals surface area (Å²) in [6.45, 7) is 0.215. The molecule has 0 saturated carbocycles. The highest BCUT2D eigenvalue weighted by Crippen LogP contribution is 2.19. The molecule has 0 aliphatic rings. The van der Waals surface area contributed by atoms with Crippen LogP contribution in [0.15, 0.2) is 77.9 Å². The number of para-hydroxylation sites is 1. The van der Waals surface area contributed by atoms with Crippen LogP contribution in [0.3, 0.4) is 0 Å². The fraction of sp³-hybridized carbons (Fsp3) is 0.120. The lowest BCUT2D eigenvalue weighted by molar-refractivity contribution is -0.126. The molecule has 3 aromatic rings. The first kappa shape index (κ1) is 23.0. The molecule has 0 spiro atoms. The molecule has 166 valence electrons. The van der Waals surface area contributed by atoms with Crippen LogP contribution >= 0.6 is 0 Å². The maximum Gasteiger partial charge on any atom is 0.249 e. The van der Waals surface area contributed by atoms with Gasteiger partial charge in [-0.2, -0.15) is 10.4 Å². The summed E-state index contributed by atoms with van der Waals surface area (Å²) in [5.74, 6) is 0.186. The number of hydrogen-bond donors (Lipinski definition) is 2. The lowest BCUT2D eigenvalue weighted by Gasteiger charge is -2.10. The van der Waals surface area contributed by atoms with Crippen LogP contribution in [0.4, 0.5) is 5.69 Å². The van der Waals surface area contributed by atoms with Gasteiger partial charge in [0.2, 0.25) is 11.8 Å². The summed E-state index contributed by atoms with van der Waals surface area (Å²) in [6, 6.07) is 23.3. The van der Waals surface area contributed by atoms with Gasteiger partial charge in [-0.15, -0.1) is 0 Å². The fourth-order valence-corrected chi connectivity index (χ4v) is 2.87. The van der Waals surface area contributed by atoms with Gasteiger partial charge in [0.25, 0.3) is 0 Å². The SMILES string of the molecule is COc1ccc(NC(=O)CC(=O)NN=Cc2ccccc2OCc2ccccc2C#N)cc1. The highest BCUT2D eigenvalue weighted by molar-refractivity contribution is 6.03. The number of carbonyl (C=O) groups is 2. The average Bonchev–Trinajstić information content (AvgIpc) is 2.84. The zero-order valence-corrected chi connectivity index (χ0v) is 17.9. The third-order valence-corrected chi connectivity index (χ3v) is 4.53. The van der Waals surface area contributed by atoms with E-state index in [2.05, 4.69) is 21.9 Å². The molecule has 0 unspecified atom stereocenters. The van der Waals surface area contributed by atoms with Crippen molar-refractivity contribution < 1.29 is 19.1 Å². The summed E-state index contributed by atoms with van der Waals surface area (Å²) in [7, 11) is 1.55. The van der Waals surface area contributed by atoms with E-state index in [0.717, 1.165) is 5.56 Å². The topological polar surface area (TPSA) is 113 Å². The van der Waals surface area contributed by atoms with Crippen molar-refractivity contribution in [3.8, 4) is 17.6 Å². The molecule has 3 rings (SSSR count). The lowest BCUT2D eigenvalue weighted by Crippen LogP contribution is -2.24. The summed E-state index contributed by atoms with van der Waals surface area (Å²) in [5, 5.41) is 15.8. The van der Waals surface area contributed by atoms with E-state index in [0.29, 0.717) is 28.3 Å². The van der Waals surface area contributed by atoms with Gasteiger partial charge in [0.05, 0.1) is 25.0 Å². The first-order valence-corrected chi connectivity index (χ1v) is 10.0. The van der Waals surface area contributed by atoms with Gasteiger partial charge in [-0.3, -0.25) is 9.59 Å². The van der Waals surface area contributed by atoms with Gasteiger partial charge in [-0.25, -0.2) is 5.43 Å². The van der Waals surface area contributed by atoms with E-state index >= 15 is 0 Å². The lowest BCUT2D eigenvalue weighted by atomic mass is 10.1. The second kappa shape index (κ2) is 11.7. The van der Waals surface area contributed by atoms with Crippen molar-refractivity contribution in [3.05, 3.63) is 89.5 Å². The second-order valence-corrected chi connectivity index (χ2v) is 6.84. The largest absolute Gasteiger partial charge is 0.497 e. The number of anilines is 1. The molecule has 0 bridgehead atoms. The third-order valence-electron chi connectivity index (χ3n) is 4.53. The van der Waals surface area contributed by atoms with Gasteiger partial charge in [0.1, 0.15) is 24.5 Å². The van der Waals surface area contributed by atoms with E-state index in [1.165, 1.54) is 6.21 Å². The molecular weight excluding hydrogens is 420 g/mol. The van der Waals surface area contributed by atoms with Crippen LogP contribution in [0.5, 0.6) is 11.5 Å². The Morgan fingerprint density at radius 3 is 2.48 bits per heavy atom. The van der Waals surface area contributed by atoms with Crippen LogP contribution in [0.1, 0.15) is 23.1 Å². The molecule has 0 heterocycles. The van der Waals surface area contributed by atoms with Crippen LogP contribution in [0.25, 0.3) is 0 Å². The molecule has 2 amide bonds. The smallest absolute Gasteiger partial charge is 0.249 e. The van der Waals surface area contributed by atoms with Gasteiger partial charge in [-0.1, -0.05) is 30.3 Å². The summed E-state index contributed by atoms with van der Waals surface area (Å²) in [5.41, 5.74) is 4.84. The molecule has 8 nitrogen and oxygen atoms in total. The first-order chi connectivity index (χ1) is 16.1. The zero-order chi connectivity index (χ0) is 23.5. The molecule has 0 aliphatic carbocycles. The molecule has 3 aromatic carbocycles. The van der Waals surface area contributed by atoms with Gasteiger partial charge in [0.15, 0.2) is 0 Å². The van der Waals surface area contributed by atoms with E-state index < -0.39 is 11.8 Å². The quantitative estimate of drug-likeness (QED) is 0.299. The zero-order valence-electron chi connectivity index (χ0n) is 17.9. The van der Waals surface area contributed by atoms with Gasteiger partial charge in [0, 0.05) is 16.8 Å². The van der Waals surface area contributed by atoms with Gasteiger partial charge >= 0.3 is 0 Å². The summed E-state index contributed by atoms with van der Waals surface area (Å²) in [4.78, 5) is 24.1. The van der Waals surface area contributed by atoms with Crippen LogP contribution in [0.2, 0.25) is 0 Å². The maximum atomic E-state index is 12.0. The van der Waals surface area contributed by atoms with E-state index in [1.54, 1.807) is 55.6 Å². The number of amides is 2. The molecule has 8 heteroatoms. The molecule has 0 aromatic heterocycles. The second-order valence-electron chi connectivity index (χ2n) is 6.84. The Bertz CT molecular complexity index is 1180. The number of hydrogen-bond acceptors (Lipinski definition) is 6. The Morgan fingerprint density at radius 1 is 1.00 bits per heavy atom. The van der Waals surface area contributed by atoms with Crippen molar-refractivity contribution in [3.63, 3.8) is 0 Å². The molecular formula is C25H22N4O4. The number of nitriles is 1.